The summed E-state index contributed by atoms with van der Waals surface area (Å²) in [6, 6.07) is 12.2. The second-order valence-corrected chi connectivity index (χ2v) is 7.93. The van der Waals surface area contributed by atoms with Crippen molar-refractivity contribution in [3.63, 3.8) is 0 Å². The van der Waals surface area contributed by atoms with E-state index in [1.54, 1.807) is 16.2 Å². The monoisotopic (exact) mass is 370 g/mol. The third-order valence-electron chi connectivity index (χ3n) is 5.12. The minimum Gasteiger partial charge on any atom is -0.355 e. The third-order valence-corrected chi connectivity index (χ3v) is 6.05. The van der Waals surface area contributed by atoms with Crippen LogP contribution in [-0.4, -0.2) is 24.9 Å². The first kappa shape index (κ1) is 18.6. The SMILES string of the molecule is CCC(C)c1ccccc1N1CC(C(=O)NCCc2cccs2)CC1=O. The Morgan fingerprint density at radius 1 is 1.31 bits per heavy atom. The molecule has 0 radical (unpaired) electrons. The molecule has 1 saturated heterocycles. The van der Waals surface area contributed by atoms with Crippen LogP contribution in [0.3, 0.4) is 0 Å². The van der Waals surface area contributed by atoms with Crippen LogP contribution in [0.5, 0.6) is 0 Å². The molecule has 2 heterocycles. The number of nitrogens with one attached hydrogen (secondary N) is 1. The van der Waals surface area contributed by atoms with Gasteiger partial charge in [-0.1, -0.05) is 38.1 Å². The Bertz CT molecular complexity index is 757. The van der Waals surface area contributed by atoms with Crippen molar-refractivity contribution >= 4 is 28.8 Å². The minimum atomic E-state index is -0.268. The molecule has 1 N–H and O–H groups in total. The number of hydrogen-bond acceptors (Lipinski definition) is 3. The molecule has 0 bridgehead atoms. The number of benzene rings is 1. The van der Waals surface area contributed by atoms with Gasteiger partial charge in [-0.2, -0.15) is 0 Å². The maximum Gasteiger partial charge on any atom is 0.227 e. The summed E-state index contributed by atoms with van der Waals surface area (Å²) in [6.45, 7) is 5.41. The summed E-state index contributed by atoms with van der Waals surface area (Å²) in [4.78, 5) is 28.1. The molecule has 26 heavy (non-hydrogen) atoms. The van der Waals surface area contributed by atoms with Crippen LogP contribution >= 0.6 is 11.3 Å². The van der Waals surface area contributed by atoms with Crippen LogP contribution in [0.2, 0.25) is 0 Å². The molecule has 5 heteroatoms. The van der Waals surface area contributed by atoms with Crippen molar-refractivity contribution in [2.24, 2.45) is 5.92 Å². The van der Waals surface area contributed by atoms with Crippen LogP contribution in [0, 0.1) is 5.92 Å². The predicted molar refractivity (Wildman–Crippen MR) is 107 cm³/mol. The smallest absolute Gasteiger partial charge is 0.227 e. The zero-order valence-electron chi connectivity index (χ0n) is 15.4. The van der Waals surface area contributed by atoms with Crippen LogP contribution in [0.1, 0.15) is 43.0 Å². The molecule has 2 aromatic rings. The molecule has 2 atom stereocenters. The molecule has 0 spiro atoms. The summed E-state index contributed by atoms with van der Waals surface area (Å²) in [5.41, 5.74) is 2.14. The van der Waals surface area contributed by atoms with Gasteiger partial charge in [0.25, 0.3) is 0 Å². The predicted octanol–water partition coefficient (Wildman–Crippen LogP) is 3.97. The maximum absolute atomic E-state index is 12.6. The fourth-order valence-corrected chi connectivity index (χ4v) is 4.10. The van der Waals surface area contributed by atoms with Crippen molar-refractivity contribution in [2.75, 3.05) is 18.0 Å². The highest BCUT2D eigenvalue weighted by molar-refractivity contribution is 7.09. The van der Waals surface area contributed by atoms with E-state index in [1.807, 2.05) is 29.6 Å². The summed E-state index contributed by atoms with van der Waals surface area (Å²) in [6.07, 6.45) is 2.15. The van der Waals surface area contributed by atoms with Crippen molar-refractivity contribution in [1.82, 2.24) is 5.32 Å². The van der Waals surface area contributed by atoms with Crippen LogP contribution in [0.25, 0.3) is 0 Å². The Morgan fingerprint density at radius 3 is 2.85 bits per heavy atom. The number of thiophene rings is 1. The lowest BCUT2D eigenvalue weighted by molar-refractivity contribution is -0.126. The highest BCUT2D eigenvalue weighted by Gasteiger charge is 2.36. The van der Waals surface area contributed by atoms with E-state index in [0.717, 1.165) is 18.5 Å². The number of carbonyl (C=O) groups is 2. The minimum absolute atomic E-state index is 0.0153. The molecule has 1 aliphatic heterocycles. The molecule has 2 amide bonds. The Kier molecular flexibility index (Phi) is 6.09. The molecule has 1 fully saturated rings. The summed E-state index contributed by atoms with van der Waals surface area (Å²) in [7, 11) is 0. The van der Waals surface area contributed by atoms with Gasteiger partial charge in [0.15, 0.2) is 0 Å². The highest BCUT2D eigenvalue weighted by Crippen LogP contribution is 2.33. The van der Waals surface area contributed by atoms with Crippen LogP contribution in [-0.2, 0) is 16.0 Å². The first-order chi connectivity index (χ1) is 12.6. The lowest BCUT2D eigenvalue weighted by Gasteiger charge is -2.23. The molecule has 1 aliphatic rings. The molecule has 1 aromatic heterocycles. The van der Waals surface area contributed by atoms with E-state index in [4.69, 9.17) is 0 Å². The molecule has 2 unspecified atom stereocenters. The van der Waals surface area contributed by atoms with Crippen molar-refractivity contribution in [1.29, 1.82) is 0 Å². The number of amides is 2. The second-order valence-electron chi connectivity index (χ2n) is 6.89. The van der Waals surface area contributed by atoms with Crippen LogP contribution in [0.4, 0.5) is 5.69 Å². The summed E-state index contributed by atoms with van der Waals surface area (Å²) >= 11 is 1.70. The third kappa shape index (κ3) is 4.15. The van der Waals surface area contributed by atoms with Gasteiger partial charge in [-0.3, -0.25) is 9.59 Å². The topological polar surface area (TPSA) is 49.4 Å². The second kappa shape index (κ2) is 8.49. The van der Waals surface area contributed by atoms with E-state index in [1.165, 1.54) is 10.4 Å². The number of anilines is 1. The average molecular weight is 371 g/mol. The highest BCUT2D eigenvalue weighted by atomic mass is 32.1. The standard InChI is InChI=1S/C21H26N2O2S/c1-3-15(2)18-8-4-5-9-19(18)23-14-16(13-20(23)24)21(25)22-11-10-17-7-6-12-26-17/h4-9,12,15-16H,3,10-11,13-14H2,1-2H3,(H,22,25). The van der Waals surface area contributed by atoms with Gasteiger partial charge in [0.1, 0.15) is 0 Å². The largest absolute Gasteiger partial charge is 0.355 e. The average Bonchev–Trinajstić information content (AvgIpc) is 3.30. The Labute approximate surface area is 159 Å². The molecule has 4 nitrogen and oxygen atoms in total. The zero-order chi connectivity index (χ0) is 18.5. The maximum atomic E-state index is 12.6. The fraction of sp³-hybridized carbons (Fsp3) is 0.429. The molecule has 0 aliphatic carbocycles. The van der Waals surface area contributed by atoms with Gasteiger partial charge in [0.05, 0.1) is 5.92 Å². The van der Waals surface area contributed by atoms with E-state index < -0.39 is 0 Å². The molecule has 3 rings (SSSR count). The van der Waals surface area contributed by atoms with Crippen molar-refractivity contribution in [2.45, 2.75) is 39.0 Å². The molecule has 1 aromatic carbocycles. The number of rotatable bonds is 7. The van der Waals surface area contributed by atoms with Gasteiger partial charge in [-0.05, 0) is 41.8 Å². The van der Waals surface area contributed by atoms with E-state index in [0.29, 0.717) is 25.4 Å². The Balaban J connectivity index is 1.62. The normalized spacial score (nSPS) is 18.2. The Hall–Kier alpha value is -2.14. The fourth-order valence-electron chi connectivity index (χ4n) is 3.39. The number of para-hydroxylation sites is 1. The first-order valence-electron chi connectivity index (χ1n) is 9.29. The molecular weight excluding hydrogens is 344 g/mol. The Morgan fingerprint density at radius 2 is 2.12 bits per heavy atom. The van der Waals surface area contributed by atoms with Gasteiger partial charge in [-0.25, -0.2) is 0 Å². The first-order valence-corrected chi connectivity index (χ1v) is 10.2. The van der Waals surface area contributed by atoms with Gasteiger partial charge in [0, 0.05) is 30.1 Å². The van der Waals surface area contributed by atoms with E-state index in [-0.39, 0.29) is 17.7 Å². The van der Waals surface area contributed by atoms with Gasteiger partial charge in [0.2, 0.25) is 11.8 Å². The van der Waals surface area contributed by atoms with E-state index >= 15 is 0 Å². The number of hydrogen-bond donors (Lipinski definition) is 1. The number of carbonyl (C=O) groups excluding carboxylic acids is 2. The van der Waals surface area contributed by atoms with Gasteiger partial charge in [-0.15, -0.1) is 11.3 Å². The van der Waals surface area contributed by atoms with Crippen molar-refractivity contribution < 1.29 is 9.59 Å². The summed E-state index contributed by atoms with van der Waals surface area (Å²) in [5.74, 6) is 0.145. The number of nitrogens with zero attached hydrogens (tertiary/aromatic N) is 1. The molecular formula is C21H26N2O2S. The van der Waals surface area contributed by atoms with E-state index in [2.05, 4.69) is 31.3 Å². The van der Waals surface area contributed by atoms with Crippen LogP contribution < -0.4 is 10.2 Å². The lowest BCUT2D eigenvalue weighted by Crippen LogP contribution is -2.34. The van der Waals surface area contributed by atoms with Gasteiger partial charge < -0.3 is 10.2 Å². The van der Waals surface area contributed by atoms with Crippen LogP contribution in [0.15, 0.2) is 41.8 Å². The van der Waals surface area contributed by atoms with Gasteiger partial charge >= 0.3 is 0 Å². The molecule has 0 saturated carbocycles. The van der Waals surface area contributed by atoms with Crippen molar-refractivity contribution in [3.8, 4) is 0 Å². The zero-order valence-corrected chi connectivity index (χ0v) is 16.2. The quantitative estimate of drug-likeness (QED) is 0.802. The summed E-state index contributed by atoms with van der Waals surface area (Å²) < 4.78 is 0. The molecule has 138 valence electrons. The van der Waals surface area contributed by atoms with E-state index in [9.17, 15) is 9.59 Å². The van der Waals surface area contributed by atoms with Crippen molar-refractivity contribution in [3.05, 3.63) is 52.2 Å². The summed E-state index contributed by atoms with van der Waals surface area (Å²) in [5, 5.41) is 5.03. The lowest BCUT2D eigenvalue weighted by atomic mass is 9.96.